The van der Waals surface area contributed by atoms with Gasteiger partial charge in [0.1, 0.15) is 6.61 Å². The molecule has 13 heteroatoms. The summed E-state index contributed by atoms with van der Waals surface area (Å²) in [6, 6.07) is 1.19. The van der Waals surface area contributed by atoms with Gasteiger partial charge >= 0.3 is 5.25 Å². The summed E-state index contributed by atoms with van der Waals surface area (Å²) in [7, 11) is -11.7. The molecule has 1 aromatic rings. The van der Waals surface area contributed by atoms with E-state index in [9.17, 15) is 40.7 Å². The lowest BCUT2D eigenvalue weighted by atomic mass is 10.0. The normalized spacial score (nSPS) is 28.2. The molecule has 2 bridgehead atoms. The van der Waals surface area contributed by atoms with Crippen LogP contribution in [0.3, 0.4) is 0 Å². The van der Waals surface area contributed by atoms with E-state index in [2.05, 4.69) is 4.18 Å². The van der Waals surface area contributed by atoms with Crippen LogP contribution in [0.15, 0.2) is 12.1 Å². The molecule has 9 nitrogen and oxygen atoms in total. The van der Waals surface area contributed by atoms with E-state index >= 15 is 0 Å². The zero-order chi connectivity index (χ0) is 19.6. The Morgan fingerprint density at radius 1 is 1.19 bits per heavy atom. The van der Waals surface area contributed by atoms with Crippen molar-refractivity contribution in [1.82, 2.24) is 3.97 Å². The number of fused-ring (bicyclic) bond motifs is 2. The van der Waals surface area contributed by atoms with Crippen LogP contribution in [-0.4, -0.2) is 53.0 Å². The van der Waals surface area contributed by atoms with Crippen LogP contribution in [0, 0.1) is 11.8 Å². The van der Waals surface area contributed by atoms with Gasteiger partial charge in [0.05, 0.1) is 5.25 Å². The summed E-state index contributed by atoms with van der Waals surface area (Å²) in [5.74, 6) is -2.66. The third kappa shape index (κ3) is 2.81. The number of aromatic nitrogens is 1. The van der Waals surface area contributed by atoms with E-state index in [1.54, 1.807) is 0 Å². The van der Waals surface area contributed by atoms with Gasteiger partial charge < -0.3 is 10.2 Å². The van der Waals surface area contributed by atoms with Crippen LogP contribution in [0.5, 0.6) is 11.8 Å². The maximum atomic E-state index is 14.3. The maximum Gasteiger partial charge on any atom is 0.384 e. The summed E-state index contributed by atoms with van der Waals surface area (Å²) in [5.41, 5.74) is 0. The second-order valence-corrected chi connectivity index (χ2v) is 11.2. The smallest absolute Gasteiger partial charge is 0.384 e. The lowest BCUT2D eigenvalue weighted by molar-refractivity contribution is 0.0127. The summed E-state index contributed by atoms with van der Waals surface area (Å²) in [6.07, 6.45) is 2.44. The highest BCUT2D eigenvalue weighted by molar-refractivity contribution is 8.09. The monoisotopic (exact) mass is 419 g/mol. The molecule has 0 aromatic carbocycles. The van der Waals surface area contributed by atoms with Gasteiger partial charge in [-0.05, 0) is 31.1 Å². The molecule has 3 atom stereocenters. The van der Waals surface area contributed by atoms with Crippen molar-refractivity contribution in [3.05, 3.63) is 12.1 Å². The van der Waals surface area contributed by atoms with E-state index in [-0.39, 0.29) is 18.3 Å². The second-order valence-electron chi connectivity index (χ2n) is 6.78. The molecule has 2 fully saturated rings. The zero-order valence-electron chi connectivity index (χ0n) is 13.4. The molecule has 150 valence electrons. The predicted octanol–water partition coefficient (Wildman–Crippen LogP) is 1.56. The maximum absolute atomic E-state index is 14.3. The number of hydrogen-bond donors (Lipinski definition) is 4. The van der Waals surface area contributed by atoms with E-state index in [0.717, 1.165) is 6.42 Å². The molecule has 3 unspecified atom stereocenters. The minimum atomic E-state index is -7.25. The van der Waals surface area contributed by atoms with Crippen LogP contribution in [0.2, 0.25) is 0 Å². The fourth-order valence-corrected chi connectivity index (χ4v) is 6.87. The van der Waals surface area contributed by atoms with E-state index in [0.29, 0.717) is 25.0 Å². The lowest BCUT2D eigenvalue weighted by Crippen LogP contribution is -2.57. The highest BCUT2D eigenvalue weighted by Gasteiger charge is 2.62. The highest BCUT2D eigenvalue weighted by atomic mass is 32.3. The average Bonchev–Trinajstić information content (AvgIpc) is 3.21. The Kier molecular flexibility index (Phi) is 4.20. The summed E-state index contributed by atoms with van der Waals surface area (Å²) >= 11 is 0. The first-order valence-electron chi connectivity index (χ1n) is 7.76. The topological polar surface area (TPSA) is 146 Å². The van der Waals surface area contributed by atoms with Crippen LogP contribution in [-0.2, 0) is 24.1 Å². The molecule has 0 spiro atoms. The largest absolute Gasteiger partial charge is 0.494 e. The van der Waals surface area contributed by atoms with Crippen LogP contribution in [0.25, 0.3) is 0 Å². The third-order valence-corrected chi connectivity index (χ3v) is 9.05. The minimum Gasteiger partial charge on any atom is -0.494 e. The Bertz CT molecular complexity index is 870. The molecule has 2 aliphatic carbocycles. The van der Waals surface area contributed by atoms with Crippen molar-refractivity contribution >= 4 is 19.9 Å². The molecule has 4 N–H and O–H groups in total. The summed E-state index contributed by atoms with van der Waals surface area (Å²) in [4.78, 5) is 0. The molecule has 1 heterocycles. The Hall–Kier alpha value is -1.28. The Balaban J connectivity index is 1.83. The SMILES string of the molecule is O=S(=O)(OCC(F)(F)S(=O)(O)(O)n1c(O)ccc1O)C1CC2CCC1C2. The molecular weight excluding hydrogens is 400 g/mol. The Labute approximate surface area is 147 Å². The summed E-state index contributed by atoms with van der Waals surface area (Å²) in [5, 5.41) is 12.8. The van der Waals surface area contributed by atoms with Crippen molar-refractivity contribution < 1.29 is 44.9 Å². The number of nitrogens with zero attached hydrogens (tertiary/aromatic N) is 1. The van der Waals surface area contributed by atoms with Gasteiger partial charge in [0.2, 0.25) is 21.6 Å². The van der Waals surface area contributed by atoms with Crippen molar-refractivity contribution in [3.8, 4) is 11.8 Å². The van der Waals surface area contributed by atoms with Gasteiger partial charge in [0.25, 0.3) is 10.1 Å². The number of alkyl halides is 2. The Morgan fingerprint density at radius 3 is 2.23 bits per heavy atom. The molecular formula is C13H19F2NO8S2. The molecule has 3 rings (SSSR count). The van der Waals surface area contributed by atoms with Crippen LogP contribution in [0.4, 0.5) is 8.78 Å². The molecule has 0 aliphatic heterocycles. The van der Waals surface area contributed by atoms with Crippen LogP contribution < -0.4 is 0 Å². The van der Waals surface area contributed by atoms with Crippen molar-refractivity contribution in [2.45, 2.75) is 36.2 Å². The van der Waals surface area contributed by atoms with Crippen LogP contribution in [0.1, 0.15) is 25.7 Å². The molecule has 2 aliphatic rings. The number of aromatic hydroxyl groups is 2. The van der Waals surface area contributed by atoms with Gasteiger partial charge in [-0.15, -0.1) is 0 Å². The molecule has 26 heavy (non-hydrogen) atoms. The van der Waals surface area contributed by atoms with Gasteiger partial charge in [-0.3, -0.25) is 13.3 Å². The van der Waals surface area contributed by atoms with E-state index < -0.39 is 52.8 Å². The first-order valence-corrected chi connectivity index (χ1v) is 11.1. The van der Waals surface area contributed by atoms with Crippen molar-refractivity contribution in [1.29, 1.82) is 0 Å². The number of hydrogen-bond acceptors (Lipinski definition) is 6. The lowest BCUT2D eigenvalue weighted by Gasteiger charge is -2.38. The zero-order valence-corrected chi connectivity index (χ0v) is 15.0. The molecule has 1 aromatic heterocycles. The van der Waals surface area contributed by atoms with E-state index in [1.165, 1.54) is 0 Å². The average molecular weight is 419 g/mol. The fraction of sp³-hybridized carbons (Fsp3) is 0.692. The first-order chi connectivity index (χ1) is 11.7. The highest BCUT2D eigenvalue weighted by Crippen LogP contribution is 2.49. The molecule has 0 amide bonds. The van der Waals surface area contributed by atoms with Crippen molar-refractivity contribution in [2.75, 3.05) is 6.61 Å². The summed E-state index contributed by atoms with van der Waals surface area (Å²) < 4.78 is 88.4. The van der Waals surface area contributed by atoms with E-state index in [4.69, 9.17) is 0 Å². The fourth-order valence-electron chi connectivity index (χ4n) is 3.75. The van der Waals surface area contributed by atoms with Crippen LogP contribution >= 0.6 is 0 Å². The third-order valence-electron chi connectivity index (χ3n) is 5.08. The van der Waals surface area contributed by atoms with Crippen molar-refractivity contribution in [2.24, 2.45) is 11.8 Å². The van der Waals surface area contributed by atoms with Crippen molar-refractivity contribution in [3.63, 3.8) is 0 Å². The summed E-state index contributed by atoms with van der Waals surface area (Å²) in [6.45, 7) is -2.13. The van der Waals surface area contributed by atoms with Gasteiger partial charge in [0, 0.05) is 12.1 Å². The molecule has 0 saturated heterocycles. The van der Waals surface area contributed by atoms with Gasteiger partial charge in [0.15, 0.2) is 0 Å². The van der Waals surface area contributed by atoms with Gasteiger partial charge in [-0.2, -0.15) is 21.2 Å². The number of halogens is 2. The Morgan fingerprint density at radius 2 is 1.77 bits per heavy atom. The minimum absolute atomic E-state index is 0.186. The predicted molar refractivity (Wildman–Crippen MR) is 85.6 cm³/mol. The number of rotatable bonds is 6. The van der Waals surface area contributed by atoms with E-state index in [1.807, 2.05) is 0 Å². The van der Waals surface area contributed by atoms with Gasteiger partial charge in [-0.1, -0.05) is 6.42 Å². The molecule has 0 radical (unpaired) electrons. The quantitative estimate of drug-likeness (QED) is 0.508. The van der Waals surface area contributed by atoms with Gasteiger partial charge in [-0.25, -0.2) is 4.21 Å². The molecule has 2 saturated carbocycles. The standard InChI is InChI=1S/C13H19F2NO8S2/c14-13(15,26(21,22,23)16-11(17)3-4-12(16)18)7-24-25(19,20)10-6-8-1-2-9(10)5-8/h3-4,8-10,17-18H,1-2,5-7H2,(H2,21,22,23). The second kappa shape index (κ2) is 5.61. The first kappa shape index (κ1) is 19.5.